The number of esters is 1. The highest BCUT2D eigenvalue weighted by molar-refractivity contribution is 5.75. The van der Waals surface area contributed by atoms with Gasteiger partial charge in [0.25, 0.3) is 0 Å². The summed E-state index contributed by atoms with van der Waals surface area (Å²) < 4.78 is 9.61. The molecule has 0 aliphatic carbocycles. The molecule has 0 saturated heterocycles. The van der Waals surface area contributed by atoms with Crippen molar-refractivity contribution in [2.24, 2.45) is 5.73 Å². The van der Waals surface area contributed by atoms with Crippen LogP contribution in [0.1, 0.15) is 20.3 Å². The zero-order valence-electron chi connectivity index (χ0n) is 10.7. The Morgan fingerprint density at radius 3 is 2.38 bits per heavy atom. The summed E-state index contributed by atoms with van der Waals surface area (Å²) in [6.45, 7) is 6.53. The van der Waals surface area contributed by atoms with Gasteiger partial charge in [-0.1, -0.05) is 0 Å². The minimum Gasteiger partial charge on any atom is -0.468 e. The lowest BCUT2D eigenvalue weighted by atomic mass is 10.2. The first kappa shape index (κ1) is 15.3. The molecular weight excluding hydrogens is 208 g/mol. The number of nitrogens with zero attached hydrogens (tertiary/aromatic N) is 1. The Labute approximate surface area is 97.9 Å². The van der Waals surface area contributed by atoms with Gasteiger partial charge < -0.3 is 15.2 Å². The third kappa shape index (κ3) is 6.05. The van der Waals surface area contributed by atoms with Crippen LogP contribution in [0, 0.1) is 0 Å². The summed E-state index contributed by atoms with van der Waals surface area (Å²) in [6.07, 6.45) is 0.606. The topological polar surface area (TPSA) is 64.8 Å². The third-order valence-electron chi connectivity index (χ3n) is 2.54. The van der Waals surface area contributed by atoms with E-state index in [4.69, 9.17) is 10.5 Å². The fourth-order valence-corrected chi connectivity index (χ4v) is 1.41. The minimum atomic E-state index is -0.534. The van der Waals surface area contributed by atoms with E-state index in [2.05, 4.69) is 23.5 Å². The summed E-state index contributed by atoms with van der Waals surface area (Å²) in [4.78, 5) is 13.3. The predicted octanol–water partition coefficient (Wildman–Crippen LogP) is 0.234. The predicted molar refractivity (Wildman–Crippen MR) is 63.2 cm³/mol. The average molecular weight is 232 g/mol. The summed E-state index contributed by atoms with van der Waals surface area (Å²) >= 11 is 0. The van der Waals surface area contributed by atoms with Crippen LogP contribution in [0.2, 0.25) is 0 Å². The van der Waals surface area contributed by atoms with Gasteiger partial charge >= 0.3 is 5.97 Å². The molecular formula is C11H24N2O3. The summed E-state index contributed by atoms with van der Waals surface area (Å²) in [5.74, 6) is -0.351. The maximum atomic E-state index is 11.1. The first-order valence-electron chi connectivity index (χ1n) is 5.59. The standard InChI is InChI=1S/C11H24N2O3/c1-9(2)13(7-8-15-3)6-5-10(12)11(14)16-4/h9-10H,5-8,12H2,1-4H3. The van der Waals surface area contributed by atoms with Gasteiger partial charge in [-0.15, -0.1) is 0 Å². The summed E-state index contributed by atoms with van der Waals surface area (Å²) in [6, 6.07) is -0.117. The summed E-state index contributed by atoms with van der Waals surface area (Å²) in [5, 5.41) is 0. The first-order valence-corrected chi connectivity index (χ1v) is 5.59. The Balaban J connectivity index is 3.96. The molecule has 0 amide bonds. The van der Waals surface area contributed by atoms with Gasteiger partial charge in [0.05, 0.1) is 13.7 Å². The van der Waals surface area contributed by atoms with Gasteiger partial charge in [-0.05, 0) is 20.3 Å². The van der Waals surface area contributed by atoms with Crippen molar-refractivity contribution in [3.8, 4) is 0 Å². The van der Waals surface area contributed by atoms with Gasteiger partial charge in [-0.2, -0.15) is 0 Å². The third-order valence-corrected chi connectivity index (χ3v) is 2.54. The summed E-state index contributed by atoms with van der Waals surface area (Å²) in [5.41, 5.74) is 5.67. The molecule has 0 radical (unpaired) electrons. The second-order valence-electron chi connectivity index (χ2n) is 4.04. The molecule has 16 heavy (non-hydrogen) atoms. The fraction of sp³-hybridized carbons (Fsp3) is 0.909. The van der Waals surface area contributed by atoms with Crippen LogP contribution in [0.3, 0.4) is 0 Å². The maximum absolute atomic E-state index is 11.1. The number of carbonyl (C=O) groups is 1. The minimum absolute atomic E-state index is 0.351. The van der Waals surface area contributed by atoms with Crippen molar-refractivity contribution in [3.05, 3.63) is 0 Å². The Bertz CT molecular complexity index is 198. The fourth-order valence-electron chi connectivity index (χ4n) is 1.41. The van der Waals surface area contributed by atoms with E-state index in [-0.39, 0.29) is 5.97 Å². The molecule has 0 heterocycles. The van der Waals surface area contributed by atoms with E-state index in [9.17, 15) is 4.79 Å². The molecule has 0 aromatic heterocycles. The highest BCUT2D eigenvalue weighted by Gasteiger charge is 2.16. The number of carbonyl (C=O) groups excluding carboxylic acids is 1. The lowest BCUT2D eigenvalue weighted by Gasteiger charge is -2.26. The molecule has 0 saturated carbocycles. The van der Waals surface area contributed by atoms with Crippen LogP contribution in [-0.4, -0.2) is 56.9 Å². The molecule has 1 atom stereocenters. The number of hydrogen-bond donors (Lipinski definition) is 1. The van der Waals surface area contributed by atoms with Crippen molar-refractivity contribution in [2.75, 3.05) is 33.9 Å². The Hall–Kier alpha value is -0.650. The quantitative estimate of drug-likeness (QED) is 0.607. The normalized spacial score (nSPS) is 13.2. The van der Waals surface area contributed by atoms with Gasteiger partial charge in [0, 0.05) is 26.2 Å². The van der Waals surface area contributed by atoms with Crippen LogP contribution in [-0.2, 0) is 14.3 Å². The maximum Gasteiger partial charge on any atom is 0.322 e. The lowest BCUT2D eigenvalue weighted by molar-refractivity contribution is -0.142. The second-order valence-corrected chi connectivity index (χ2v) is 4.04. The van der Waals surface area contributed by atoms with E-state index >= 15 is 0 Å². The molecule has 2 N–H and O–H groups in total. The molecule has 0 spiro atoms. The smallest absolute Gasteiger partial charge is 0.322 e. The van der Waals surface area contributed by atoms with Gasteiger partial charge in [0.15, 0.2) is 0 Å². The van der Waals surface area contributed by atoms with Crippen LogP contribution in [0.15, 0.2) is 0 Å². The van der Waals surface area contributed by atoms with E-state index in [1.807, 2.05) is 0 Å². The lowest BCUT2D eigenvalue weighted by Crippen LogP contribution is -2.40. The monoisotopic (exact) mass is 232 g/mol. The van der Waals surface area contributed by atoms with E-state index < -0.39 is 6.04 Å². The molecule has 5 heteroatoms. The van der Waals surface area contributed by atoms with Crippen molar-refractivity contribution in [2.45, 2.75) is 32.4 Å². The SMILES string of the molecule is COCCN(CCC(N)C(=O)OC)C(C)C. The Morgan fingerprint density at radius 1 is 1.31 bits per heavy atom. The Morgan fingerprint density at radius 2 is 1.94 bits per heavy atom. The molecule has 0 aromatic carbocycles. The Kier molecular flexibility index (Phi) is 8.15. The first-order chi connectivity index (χ1) is 7.52. The van der Waals surface area contributed by atoms with Crippen molar-refractivity contribution >= 4 is 5.97 Å². The van der Waals surface area contributed by atoms with E-state index in [0.29, 0.717) is 19.1 Å². The van der Waals surface area contributed by atoms with Crippen molar-refractivity contribution in [3.63, 3.8) is 0 Å². The van der Waals surface area contributed by atoms with Gasteiger partial charge in [0.2, 0.25) is 0 Å². The highest BCUT2D eigenvalue weighted by Crippen LogP contribution is 2.02. The van der Waals surface area contributed by atoms with Gasteiger partial charge in [-0.25, -0.2) is 0 Å². The molecule has 0 rings (SSSR count). The number of hydrogen-bond acceptors (Lipinski definition) is 5. The molecule has 0 aliphatic heterocycles. The van der Waals surface area contributed by atoms with Crippen molar-refractivity contribution in [1.29, 1.82) is 0 Å². The molecule has 0 aromatic rings. The van der Waals surface area contributed by atoms with Crippen LogP contribution < -0.4 is 5.73 Å². The summed E-state index contributed by atoms with van der Waals surface area (Å²) in [7, 11) is 3.03. The van der Waals surface area contributed by atoms with Crippen LogP contribution in [0.25, 0.3) is 0 Å². The number of methoxy groups -OCH3 is 2. The molecule has 0 fully saturated rings. The van der Waals surface area contributed by atoms with E-state index in [0.717, 1.165) is 13.1 Å². The number of ether oxygens (including phenoxy) is 2. The average Bonchev–Trinajstić information content (AvgIpc) is 2.27. The zero-order chi connectivity index (χ0) is 12.6. The van der Waals surface area contributed by atoms with E-state index in [1.165, 1.54) is 7.11 Å². The van der Waals surface area contributed by atoms with Gasteiger partial charge in [0.1, 0.15) is 6.04 Å². The molecule has 5 nitrogen and oxygen atoms in total. The number of rotatable bonds is 8. The van der Waals surface area contributed by atoms with E-state index in [1.54, 1.807) is 7.11 Å². The highest BCUT2D eigenvalue weighted by atomic mass is 16.5. The van der Waals surface area contributed by atoms with Crippen LogP contribution in [0.4, 0.5) is 0 Å². The largest absolute Gasteiger partial charge is 0.468 e. The molecule has 1 unspecified atom stereocenters. The van der Waals surface area contributed by atoms with Crippen LogP contribution in [0.5, 0.6) is 0 Å². The molecule has 0 aliphatic rings. The molecule has 0 bridgehead atoms. The zero-order valence-corrected chi connectivity index (χ0v) is 10.7. The number of nitrogens with two attached hydrogens (primary N) is 1. The van der Waals surface area contributed by atoms with Gasteiger partial charge in [-0.3, -0.25) is 9.69 Å². The van der Waals surface area contributed by atoms with Crippen molar-refractivity contribution < 1.29 is 14.3 Å². The van der Waals surface area contributed by atoms with Crippen molar-refractivity contribution in [1.82, 2.24) is 4.90 Å². The van der Waals surface area contributed by atoms with Crippen LogP contribution >= 0.6 is 0 Å². The molecule has 96 valence electrons. The second kappa shape index (κ2) is 8.50.